The topological polar surface area (TPSA) is 29.9 Å². The second kappa shape index (κ2) is 7.85. The zero-order valence-corrected chi connectivity index (χ0v) is 12.5. The first-order valence-corrected chi connectivity index (χ1v) is 7.62. The van der Waals surface area contributed by atoms with Gasteiger partial charge in [-0.2, -0.15) is 5.10 Å². The maximum atomic E-state index is 4.48. The molecule has 1 aromatic carbocycles. The summed E-state index contributed by atoms with van der Waals surface area (Å²) in [5.41, 5.74) is 2.38. The second-order valence-electron chi connectivity index (χ2n) is 5.24. The van der Waals surface area contributed by atoms with Crippen LogP contribution >= 0.6 is 0 Å². The Balaban J connectivity index is 1.99. The predicted molar refractivity (Wildman–Crippen MR) is 84.1 cm³/mol. The van der Waals surface area contributed by atoms with Gasteiger partial charge >= 0.3 is 0 Å². The van der Waals surface area contributed by atoms with Crippen LogP contribution in [0.1, 0.15) is 50.6 Å². The molecule has 0 fully saturated rings. The zero-order chi connectivity index (χ0) is 14.2. The Kier molecular flexibility index (Phi) is 5.81. The van der Waals surface area contributed by atoms with Gasteiger partial charge in [0.2, 0.25) is 0 Å². The Morgan fingerprint density at radius 3 is 2.65 bits per heavy atom. The molecular formula is C17H25N3. The molecule has 3 heteroatoms. The van der Waals surface area contributed by atoms with Gasteiger partial charge in [0.05, 0.1) is 11.9 Å². The highest BCUT2D eigenvalue weighted by atomic mass is 15.3. The van der Waals surface area contributed by atoms with Gasteiger partial charge in [-0.25, -0.2) is 4.68 Å². The minimum absolute atomic E-state index is 0.407. The van der Waals surface area contributed by atoms with Crippen LogP contribution in [-0.2, 0) is 0 Å². The van der Waals surface area contributed by atoms with E-state index in [1.54, 1.807) is 0 Å². The number of para-hydroxylation sites is 1. The van der Waals surface area contributed by atoms with E-state index in [1.165, 1.54) is 37.7 Å². The molecule has 0 saturated carbocycles. The van der Waals surface area contributed by atoms with Gasteiger partial charge in [-0.05, 0) is 25.6 Å². The molecule has 1 heterocycles. The standard InChI is InChI=1S/C17H25N3/c1-3-4-5-9-12-17(18-2)15-13-19-20(14-15)16-10-7-6-8-11-16/h6-8,10-11,13-14,17-18H,3-5,9,12H2,1-2H3. The van der Waals surface area contributed by atoms with Crippen molar-refractivity contribution in [3.8, 4) is 5.69 Å². The quantitative estimate of drug-likeness (QED) is 0.732. The normalized spacial score (nSPS) is 12.5. The Bertz CT molecular complexity index is 490. The van der Waals surface area contributed by atoms with Gasteiger partial charge in [0.1, 0.15) is 0 Å². The summed E-state index contributed by atoms with van der Waals surface area (Å²) in [6.07, 6.45) is 10.5. The van der Waals surface area contributed by atoms with Gasteiger partial charge in [-0.15, -0.1) is 0 Å². The molecule has 0 bridgehead atoms. The third-order valence-electron chi connectivity index (χ3n) is 3.72. The minimum Gasteiger partial charge on any atom is -0.313 e. The summed E-state index contributed by atoms with van der Waals surface area (Å²) in [5.74, 6) is 0. The molecule has 1 atom stereocenters. The molecule has 1 unspecified atom stereocenters. The highest BCUT2D eigenvalue weighted by Gasteiger charge is 2.11. The summed E-state index contributed by atoms with van der Waals surface area (Å²) in [6, 6.07) is 10.7. The molecule has 0 saturated heterocycles. The van der Waals surface area contributed by atoms with Crippen LogP contribution in [0.4, 0.5) is 0 Å². The summed E-state index contributed by atoms with van der Waals surface area (Å²) in [7, 11) is 2.03. The number of benzene rings is 1. The average molecular weight is 271 g/mol. The van der Waals surface area contributed by atoms with Gasteiger partial charge in [0.25, 0.3) is 0 Å². The molecule has 20 heavy (non-hydrogen) atoms. The van der Waals surface area contributed by atoms with Crippen molar-refractivity contribution in [2.45, 2.75) is 45.1 Å². The summed E-state index contributed by atoms with van der Waals surface area (Å²) in [6.45, 7) is 2.25. The number of nitrogens with zero attached hydrogens (tertiary/aromatic N) is 2. The molecule has 2 aromatic rings. The van der Waals surface area contributed by atoms with Crippen LogP contribution in [-0.4, -0.2) is 16.8 Å². The molecule has 0 aliphatic rings. The Morgan fingerprint density at radius 1 is 1.15 bits per heavy atom. The predicted octanol–water partition coefficient (Wildman–Crippen LogP) is 4.10. The molecule has 2 rings (SSSR count). The first-order chi connectivity index (χ1) is 9.85. The van der Waals surface area contributed by atoms with E-state index in [9.17, 15) is 0 Å². The van der Waals surface area contributed by atoms with Gasteiger partial charge in [-0.3, -0.25) is 0 Å². The van der Waals surface area contributed by atoms with Crippen LogP contribution in [0.15, 0.2) is 42.7 Å². The zero-order valence-electron chi connectivity index (χ0n) is 12.5. The van der Waals surface area contributed by atoms with Crippen molar-refractivity contribution in [1.82, 2.24) is 15.1 Å². The SMILES string of the molecule is CCCCCCC(NC)c1cnn(-c2ccccc2)c1. The van der Waals surface area contributed by atoms with Crippen LogP contribution in [0.25, 0.3) is 5.69 Å². The van der Waals surface area contributed by atoms with Crippen LogP contribution in [0.5, 0.6) is 0 Å². The molecule has 1 N–H and O–H groups in total. The lowest BCUT2D eigenvalue weighted by Gasteiger charge is -2.14. The van der Waals surface area contributed by atoms with Crippen LogP contribution in [0.3, 0.4) is 0 Å². The monoisotopic (exact) mass is 271 g/mol. The fourth-order valence-corrected chi connectivity index (χ4v) is 2.49. The molecule has 0 aliphatic heterocycles. The third kappa shape index (κ3) is 3.94. The van der Waals surface area contributed by atoms with E-state index in [0.717, 1.165) is 5.69 Å². The lowest BCUT2D eigenvalue weighted by Crippen LogP contribution is -2.15. The van der Waals surface area contributed by atoms with Crippen molar-refractivity contribution in [1.29, 1.82) is 0 Å². The lowest BCUT2D eigenvalue weighted by molar-refractivity contribution is 0.505. The highest BCUT2D eigenvalue weighted by Crippen LogP contribution is 2.20. The van der Waals surface area contributed by atoms with E-state index in [2.05, 4.69) is 35.7 Å². The Hall–Kier alpha value is -1.61. The van der Waals surface area contributed by atoms with Crippen molar-refractivity contribution >= 4 is 0 Å². The Labute approximate surface area is 122 Å². The molecule has 0 aliphatic carbocycles. The number of unbranched alkanes of at least 4 members (excludes halogenated alkanes) is 3. The summed E-state index contributed by atoms with van der Waals surface area (Å²) in [4.78, 5) is 0. The van der Waals surface area contributed by atoms with Crippen molar-refractivity contribution < 1.29 is 0 Å². The number of nitrogens with one attached hydrogen (secondary N) is 1. The van der Waals surface area contributed by atoms with Crippen molar-refractivity contribution in [3.63, 3.8) is 0 Å². The van der Waals surface area contributed by atoms with Crippen molar-refractivity contribution in [2.75, 3.05) is 7.05 Å². The molecule has 0 radical (unpaired) electrons. The summed E-state index contributed by atoms with van der Waals surface area (Å²) < 4.78 is 1.95. The van der Waals surface area contributed by atoms with Crippen LogP contribution in [0.2, 0.25) is 0 Å². The lowest BCUT2D eigenvalue weighted by atomic mass is 10.0. The molecule has 108 valence electrons. The van der Waals surface area contributed by atoms with Gasteiger partial charge in [0, 0.05) is 17.8 Å². The molecule has 0 amide bonds. The van der Waals surface area contributed by atoms with Crippen molar-refractivity contribution in [3.05, 3.63) is 48.3 Å². The summed E-state index contributed by atoms with van der Waals surface area (Å²) in [5, 5.41) is 7.88. The smallest absolute Gasteiger partial charge is 0.0645 e. The first-order valence-electron chi connectivity index (χ1n) is 7.62. The number of hydrogen-bond acceptors (Lipinski definition) is 2. The van der Waals surface area contributed by atoms with Crippen LogP contribution < -0.4 is 5.32 Å². The molecule has 1 aromatic heterocycles. The van der Waals surface area contributed by atoms with E-state index in [-0.39, 0.29) is 0 Å². The molecule has 3 nitrogen and oxygen atoms in total. The molecular weight excluding hydrogens is 246 g/mol. The fourth-order valence-electron chi connectivity index (χ4n) is 2.49. The summed E-state index contributed by atoms with van der Waals surface area (Å²) >= 11 is 0. The van der Waals surface area contributed by atoms with Crippen molar-refractivity contribution in [2.24, 2.45) is 0 Å². The van der Waals surface area contributed by atoms with E-state index in [0.29, 0.717) is 6.04 Å². The van der Waals surface area contributed by atoms with Gasteiger partial charge in [-0.1, -0.05) is 50.8 Å². The first kappa shape index (κ1) is 14.8. The fraction of sp³-hybridized carbons (Fsp3) is 0.471. The highest BCUT2D eigenvalue weighted by molar-refractivity contribution is 5.31. The average Bonchev–Trinajstić information content (AvgIpc) is 2.98. The van der Waals surface area contributed by atoms with E-state index in [1.807, 2.05) is 36.1 Å². The number of aromatic nitrogens is 2. The van der Waals surface area contributed by atoms with Gasteiger partial charge < -0.3 is 5.32 Å². The van der Waals surface area contributed by atoms with Gasteiger partial charge in [0.15, 0.2) is 0 Å². The Morgan fingerprint density at radius 2 is 1.95 bits per heavy atom. The van der Waals surface area contributed by atoms with E-state index >= 15 is 0 Å². The minimum atomic E-state index is 0.407. The van der Waals surface area contributed by atoms with E-state index < -0.39 is 0 Å². The molecule has 0 spiro atoms. The maximum absolute atomic E-state index is 4.48. The third-order valence-corrected chi connectivity index (χ3v) is 3.72. The number of hydrogen-bond donors (Lipinski definition) is 1. The van der Waals surface area contributed by atoms with Crippen LogP contribution in [0, 0.1) is 0 Å². The second-order valence-corrected chi connectivity index (χ2v) is 5.24. The maximum Gasteiger partial charge on any atom is 0.0645 e. The largest absolute Gasteiger partial charge is 0.313 e. The number of rotatable bonds is 8. The van der Waals surface area contributed by atoms with E-state index in [4.69, 9.17) is 0 Å².